The van der Waals surface area contributed by atoms with Crippen molar-refractivity contribution in [3.8, 4) is 0 Å². The quantitative estimate of drug-likeness (QED) is 0.704. The molecule has 0 fully saturated rings. The Morgan fingerprint density at radius 1 is 1.13 bits per heavy atom. The van der Waals surface area contributed by atoms with Crippen LogP contribution in [0.5, 0.6) is 0 Å². The van der Waals surface area contributed by atoms with Crippen LogP contribution in [0.15, 0.2) is 24.3 Å². The molecule has 1 rings (SSSR count). The van der Waals surface area contributed by atoms with Crippen LogP contribution < -0.4 is 10.6 Å². The molecule has 0 saturated heterocycles. The molecule has 0 spiro atoms. The number of carbonyl (C=O) groups is 1. The summed E-state index contributed by atoms with van der Waals surface area (Å²) in [5, 5.41) is 5.99. The predicted octanol–water partition coefficient (Wildman–Crippen LogP) is 3.42. The molecule has 0 aliphatic heterocycles. The van der Waals surface area contributed by atoms with Gasteiger partial charge < -0.3 is 10.6 Å². The minimum absolute atomic E-state index is 0. The second kappa shape index (κ2) is 10.5. The van der Waals surface area contributed by atoms with E-state index in [1.165, 1.54) is 12.1 Å². The molecule has 3 nitrogen and oxygen atoms in total. The Hall–Kier alpha value is -1.27. The van der Waals surface area contributed by atoms with E-state index in [0.29, 0.717) is 19.5 Å². The van der Waals surface area contributed by atoms with E-state index in [2.05, 4.69) is 17.6 Å². The van der Waals surface area contributed by atoms with Crippen LogP contribution in [0.4, 0.5) is 13.2 Å². The van der Waals surface area contributed by atoms with Gasteiger partial charge in [0.15, 0.2) is 0 Å². The van der Waals surface area contributed by atoms with Crippen molar-refractivity contribution < 1.29 is 18.0 Å². The van der Waals surface area contributed by atoms with Crippen LogP contribution >= 0.6 is 12.4 Å². The van der Waals surface area contributed by atoms with E-state index in [1.54, 1.807) is 6.92 Å². The van der Waals surface area contributed by atoms with E-state index in [0.717, 1.165) is 30.7 Å². The average Bonchev–Trinajstić information content (AvgIpc) is 2.46. The molecule has 23 heavy (non-hydrogen) atoms. The highest BCUT2D eigenvalue weighted by atomic mass is 35.5. The van der Waals surface area contributed by atoms with Gasteiger partial charge in [-0.1, -0.05) is 26.0 Å². The Morgan fingerprint density at radius 2 is 1.74 bits per heavy atom. The summed E-state index contributed by atoms with van der Waals surface area (Å²) in [7, 11) is 0. The zero-order valence-corrected chi connectivity index (χ0v) is 14.2. The summed E-state index contributed by atoms with van der Waals surface area (Å²) in [5.41, 5.74) is 0.0510. The summed E-state index contributed by atoms with van der Waals surface area (Å²) in [6.07, 6.45) is -2.86. The molecular weight excluding hydrogens is 329 g/mol. The molecule has 0 aliphatic rings. The van der Waals surface area contributed by atoms with Crippen LogP contribution in [0.1, 0.15) is 31.4 Å². The molecule has 0 aromatic heterocycles. The summed E-state index contributed by atoms with van der Waals surface area (Å²) in [6, 6.07) is 4.95. The maximum Gasteiger partial charge on any atom is 0.416 e. The first-order chi connectivity index (χ1) is 10.3. The van der Waals surface area contributed by atoms with Gasteiger partial charge in [-0.05, 0) is 37.1 Å². The third kappa shape index (κ3) is 8.23. The van der Waals surface area contributed by atoms with Crippen LogP contribution in [0.3, 0.4) is 0 Å². The lowest BCUT2D eigenvalue weighted by Crippen LogP contribution is -2.35. The van der Waals surface area contributed by atoms with E-state index in [9.17, 15) is 18.0 Å². The molecule has 0 heterocycles. The van der Waals surface area contributed by atoms with Crippen LogP contribution in [0, 0.1) is 5.92 Å². The van der Waals surface area contributed by atoms with Gasteiger partial charge in [0.1, 0.15) is 0 Å². The van der Waals surface area contributed by atoms with E-state index >= 15 is 0 Å². The van der Waals surface area contributed by atoms with Gasteiger partial charge in [0.05, 0.1) is 5.56 Å². The van der Waals surface area contributed by atoms with Gasteiger partial charge in [-0.15, -0.1) is 12.4 Å². The van der Waals surface area contributed by atoms with Crippen LogP contribution in [-0.2, 0) is 17.4 Å². The van der Waals surface area contributed by atoms with Crippen molar-refractivity contribution in [3.63, 3.8) is 0 Å². The standard InChI is InChI=1S/C16H23F3N2O.ClH/c1-3-8-20-9-10-21-15(22)12(2)11-13-4-6-14(7-5-13)16(17,18)19;/h4-7,12,20H,3,8-11H2,1-2H3,(H,21,22);1H. The number of amides is 1. The number of halogens is 4. The lowest BCUT2D eigenvalue weighted by atomic mass is 9.99. The molecule has 0 bridgehead atoms. The van der Waals surface area contributed by atoms with Crippen LogP contribution in [-0.4, -0.2) is 25.5 Å². The van der Waals surface area contributed by atoms with Gasteiger partial charge >= 0.3 is 6.18 Å². The Balaban J connectivity index is 0.00000484. The Morgan fingerprint density at radius 3 is 2.26 bits per heavy atom. The van der Waals surface area contributed by atoms with E-state index in [4.69, 9.17) is 0 Å². The summed E-state index contributed by atoms with van der Waals surface area (Å²) in [5.74, 6) is -0.360. The molecule has 7 heteroatoms. The number of hydrogen-bond acceptors (Lipinski definition) is 2. The van der Waals surface area contributed by atoms with E-state index in [1.807, 2.05) is 0 Å². The third-order valence-electron chi connectivity index (χ3n) is 3.30. The highest BCUT2D eigenvalue weighted by Crippen LogP contribution is 2.29. The molecule has 1 unspecified atom stereocenters. The smallest absolute Gasteiger partial charge is 0.355 e. The number of rotatable bonds is 8. The first kappa shape index (κ1) is 21.7. The minimum Gasteiger partial charge on any atom is -0.355 e. The van der Waals surface area contributed by atoms with Gasteiger partial charge in [0.2, 0.25) is 5.91 Å². The number of alkyl halides is 3. The first-order valence-electron chi connectivity index (χ1n) is 7.49. The molecule has 1 amide bonds. The lowest BCUT2D eigenvalue weighted by molar-refractivity contribution is -0.137. The van der Waals surface area contributed by atoms with Crippen LogP contribution in [0.25, 0.3) is 0 Å². The fraction of sp³-hybridized carbons (Fsp3) is 0.562. The van der Waals surface area contributed by atoms with Gasteiger partial charge in [-0.3, -0.25) is 4.79 Å². The van der Waals surface area contributed by atoms with Gasteiger partial charge in [-0.25, -0.2) is 0 Å². The molecule has 0 radical (unpaired) electrons. The first-order valence-corrected chi connectivity index (χ1v) is 7.49. The fourth-order valence-corrected chi connectivity index (χ4v) is 2.03. The van der Waals surface area contributed by atoms with E-state index in [-0.39, 0.29) is 24.2 Å². The number of carbonyl (C=O) groups excluding carboxylic acids is 1. The van der Waals surface area contributed by atoms with Gasteiger partial charge in [0.25, 0.3) is 0 Å². The Labute approximate surface area is 141 Å². The van der Waals surface area contributed by atoms with Crippen LogP contribution in [0.2, 0.25) is 0 Å². The SMILES string of the molecule is CCCNCCNC(=O)C(C)Cc1ccc(C(F)(F)F)cc1.Cl. The van der Waals surface area contributed by atoms with Crippen molar-refractivity contribution in [2.24, 2.45) is 5.92 Å². The predicted molar refractivity (Wildman–Crippen MR) is 87.7 cm³/mol. The molecule has 132 valence electrons. The summed E-state index contributed by atoms with van der Waals surface area (Å²) >= 11 is 0. The van der Waals surface area contributed by atoms with Gasteiger partial charge in [-0.2, -0.15) is 13.2 Å². The molecular formula is C16H24ClF3N2O. The lowest BCUT2D eigenvalue weighted by Gasteiger charge is -2.13. The second-order valence-corrected chi connectivity index (χ2v) is 5.34. The topological polar surface area (TPSA) is 41.1 Å². The molecule has 1 atom stereocenters. The fourth-order valence-electron chi connectivity index (χ4n) is 2.03. The number of nitrogens with one attached hydrogen (secondary N) is 2. The van der Waals surface area contributed by atoms with Gasteiger partial charge in [0, 0.05) is 19.0 Å². The second-order valence-electron chi connectivity index (χ2n) is 5.34. The maximum atomic E-state index is 12.5. The van der Waals surface area contributed by atoms with Crippen molar-refractivity contribution in [2.45, 2.75) is 32.9 Å². The van der Waals surface area contributed by atoms with Crippen molar-refractivity contribution in [1.29, 1.82) is 0 Å². The normalized spacial score (nSPS) is 12.4. The van der Waals surface area contributed by atoms with Crippen molar-refractivity contribution in [2.75, 3.05) is 19.6 Å². The number of hydrogen-bond donors (Lipinski definition) is 2. The summed E-state index contributed by atoms with van der Waals surface area (Å²) < 4.78 is 37.4. The highest BCUT2D eigenvalue weighted by Gasteiger charge is 2.30. The average molecular weight is 353 g/mol. The summed E-state index contributed by atoms with van der Waals surface area (Å²) in [6.45, 7) is 6.02. The molecule has 2 N–H and O–H groups in total. The van der Waals surface area contributed by atoms with Crippen molar-refractivity contribution in [1.82, 2.24) is 10.6 Å². The Bertz CT molecular complexity index is 463. The zero-order chi connectivity index (χ0) is 16.6. The molecule has 0 aliphatic carbocycles. The largest absolute Gasteiger partial charge is 0.416 e. The molecule has 0 saturated carbocycles. The highest BCUT2D eigenvalue weighted by molar-refractivity contribution is 5.85. The maximum absolute atomic E-state index is 12.5. The van der Waals surface area contributed by atoms with Crippen molar-refractivity contribution in [3.05, 3.63) is 35.4 Å². The third-order valence-corrected chi connectivity index (χ3v) is 3.30. The van der Waals surface area contributed by atoms with E-state index < -0.39 is 11.7 Å². The summed E-state index contributed by atoms with van der Waals surface area (Å²) in [4.78, 5) is 11.9. The monoisotopic (exact) mass is 352 g/mol. The number of benzene rings is 1. The Kier molecular flexibility index (Phi) is 9.91. The van der Waals surface area contributed by atoms with Crippen molar-refractivity contribution >= 4 is 18.3 Å². The molecule has 1 aromatic rings. The molecule has 1 aromatic carbocycles. The minimum atomic E-state index is -4.33. The zero-order valence-electron chi connectivity index (χ0n) is 13.4.